The van der Waals surface area contributed by atoms with Crippen molar-refractivity contribution < 1.29 is 27.2 Å². The summed E-state index contributed by atoms with van der Waals surface area (Å²) in [5, 5.41) is 11.0. The quantitative estimate of drug-likeness (QED) is 0.310. The van der Waals surface area contributed by atoms with Crippen LogP contribution in [-0.4, -0.2) is 50.5 Å². The van der Waals surface area contributed by atoms with Gasteiger partial charge in [0.15, 0.2) is 11.4 Å². The minimum absolute atomic E-state index is 0.00303. The predicted octanol–water partition coefficient (Wildman–Crippen LogP) is 1.71. The van der Waals surface area contributed by atoms with Gasteiger partial charge in [0.2, 0.25) is 0 Å². The molecular weight excluding hydrogens is 476 g/mol. The molecule has 2 heterocycles. The fraction of sp³-hybridized carbons (Fsp3) is 0.227. The molecule has 2 aromatic heterocycles. The lowest BCUT2D eigenvalue weighted by molar-refractivity contribution is 0.0962. The lowest BCUT2D eigenvalue weighted by atomic mass is 10.1. The lowest BCUT2D eigenvalue weighted by Crippen LogP contribution is -2.19. The van der Waals surface area contributed by atoms with Crippen molar-refractivity contribution in [1.29, 1.82) is 0 Å². The van der Waals surface area contributed by atoms with Crippen molar-refractivity contribution in [3.8, 4) is 11.5 Å². The van der Waals surface area contributed by atoms with E-state index in [0.717, 1.165) is 11.1 Å². The Morgan fingerprint density at radius 1 is 1.14 bits per heavy atom. The van der Waals surface area contributed by atoms with Gasteiger partial charge < -0.3 is 25.0 Å². The standard InChI is InChI=1S/C22H24N6O6S/c1-24-22(29)15-4-5-19(16(8-15)32-2)35(30,31)27-21-20-17(33-3)6-13(7-18(20)34-26-21)11-28-12-14(9-23)10-25-28/h4-8,10,12H,9,11,23H2,1-3H3,(H,24,29)(H,26,27). The van der Waals surface area contributed by atoms with Crippen LogP contribution in [0.15, 0.2) is 52.1 Å². The summed E-state index contributed by atoms with van der Waals surface area (Å²) in [4.78, 5) is 11.7. The number of nitrogens with zero attached hydrogens (tertiary/aromatic N) is 3. The highest BCUT2D eigenvalue weighted by Crippen LogP contribution is 2.36. The Labute approximate surface area is 201 Å². The molecule has 0 saturated carbocycles. The first kappa shape index (κ1) is 24.0. The maximum Gasteiger partial charge on any atom is 0.266 e. The van der Waals surface area contributed by atoms with Gasteiger partial charge in [0.05, 0.1) is 27.0 Å². The molecule has 0 saturated heterocycles. The smallest absolute Gasteiger partial charge is 0.266 e. The number of methoxy groups -OCH3 is 2. The third kappa shape index (κ3) is 4.76. The predicted molar refractivity (Wildman–Crippen MR) is 127 cm³/mol. The number of carbonyl (C=O) groups excluding carboxylic acids is 1. The van der Waals surface area contributed by atoms with E-state index in [0.29, 0.717) is 29.8 Å². The summed E-state index contributed by atoms with van der Waals surface area (Å²) in [6, 6.07) is 7.48. The number of nitrogens with two attached hydrogens (primary N) is 1. The van der Waals surface area contributed by atoms with Crippen LogP contribution in [0.4, 0.5) is 5.82 Å². The minimum Gasteiger partial charge on any atom is -0.496 e. The van der Waals surface area contributed by atoms with Gasteiger partial charge in [0, 0.05) is 30.9 Å². The summed E-state index contributed by atoms with van der Waals surface area (Å²) in [5.74, 6) is -0.0655. The molecule has 4 N–H and O–H groups in total. The molecule has 4 rings (SSSR count). The normalized spacial score (nSPS) is 11.4. The zero-order valence-corrected chi connectivity index (χ0v) is 20.0. The Bertz CT molecular complexity index is 1490. The molecule has 2 aromatic carbocycles. The van der Waals surface area contributed by atoms with E-state index >= 15 is 0 Å². The van der Waals surface area contributed by atoms with Crippen molar-refractivity contribution >= 4 is 32.7 Å². The second kappa shape index (κ2) is 9.64. The van der Waals surface area contributed by atoms with Crippen LogP contribution in [-0.2, 0) is 23.1 Å². The minimum atomic E-state index is -4.16. The molecular formula is C22H24N6O6S. The maximum atomic E-state index is 13.2. The molecule has 0 atom stereocenters. The Morgan fingerprint density at radius 2 is 1.91 bits per heavy atom. The van der Waals surface area contributed by atoms with Crippen LogP contribution in [0.2, 0.25) is 0 Å². The van der Waals surface area contributed by atoms with E-state index < -0.39 is 10.0 Å². The van der Waals surface area contributed by atoms with Crippen molar-refractivity contribution in [3.63, 3.8) is 0 Å². The number of benzene rings is 2. The first-order valence-corrected chi connectivity index (χ1v) is 11.9. The number of nitrogens with one attached hydrogen (secondary N) is 2. The van der Waals surface area contributed by atoms with Crippen LogP contribution in [0.25, 0.3) is 11.0 Å². The summed E-state index contributed by atoms with van der Waals surface area (Å²) in [6.45, 7) is 0.802. The number of aromatic nitrogens is 3. The molecule has 0 unspecified atom stereocenters. The Balaban J connectivity index is 1.68. The molecule has 0 bridgehead atoms. The van der Waals surface area contributed by atoms with Gasteiger partial charge in [-0.25, -0.2) is 8.42 Å². The Hall–Kier alpha value is -4.10. The summed E-state index contributed by atoms with van der Waals surface area (Å²) in [7, 11) is 0.0897. The molecule has 0 spiro atoms. The molecule has 0 aliphatic carbocycles. The van der Waals surface area contributed by atoms with Crippen molar-refractivity contribution in [2.45, 2.75) is 18.0 Å². The van der Waals surface area contributed by atoms with E-state index in [1.807, 2.05) is 6.20 Å². The van der Waals surface area contributed by atoms with Crippen LogP contribution in [0.5, 0.6) is 11.5 Å². The van der Waals surface area contributed by atoms with Gasteiger partial charge in [-0.2, -0.15) is 5.10 Å². The number of ether oxygens (including phenoxy) is 2. The highest BCUT2D eigenvalue weighted by atomic mass is 32.2. The third-order valence-electron chi connectivity index (χ3n) is 5.26. The highest BCUT2D eigenvalue weighted by molar-refractivity contribution is 7.92. The van der Waals surface area contributed by atoms with Crippen molar-refractivity contribution in [2.75, 3.05) is 26.0 Å². The summed E-state index contributed by atoms with van der Waals surface area (Å²) in [6.07, 6.45) is 3.52. The number of amides is 1. The van der Waals surface area contributed by atoms with Gasteiger partial charge in [-0.3, -0.25) is 14.2 Å². The number of fused-ring (bicyclic) bond motifs is 1. The van der Waals surface area contributed by atoms with Gasteiger partial charge in [0.25, 0.3) is 15.9 Å². The molecule has 0 radical (unpaired) electrons. The fourth-order valence-electron chi connectivity index (χ4n) is 3.55. The number of hydrogen-bond acceptors (Lipinski definition) is 9. The molecule has 0 aliphatic heterocycles. The summed E-state index contributed by atoms with van der Waals surface area (Å²) in [5.41, 5.74) is 7.91. The van der Waals surface area contributed by atoms with E-state index in [2.05, 4.69) is 20.3 Å². The van der Waals surface area contributed by atoms with E-state index in [-0.39, 0.29) is 27.9 Å². The highest BCUT2D eigenvalue weighted by Gasteiger charge is 2.25. The van der Waals surface area contributed by atoms with E-state index in [1.54, 1.807) is 23.0 Å². The zero-order chi connectivity index (χ0) is 25.2. The van der Waals surface area contributed by atoms with Crippen LogP contribution >= 0.6 is 0 Å². The van der Waals surface area contributed by atoms with Gasteiger partial charge in [-0.15, -0.1) is 0 Å². The molecule has 0 fully saturated rings. The van der Waals surface area contributed by atoms with Crippen LogP contribution in [0.3, 0.4) is 0 Å². The fourth-order valence-corrected chi connectivity index (χ4v) is 4.71. The van der Waals surface area contributed by atoms with Crippen LogP contribution in [0, 0.1) is 0 Å². The van der Waals surface area contributed by atoms with E-state index in [1.165, 1.54) is 39.5 Å². The number of carbonyl (C=O) groups is 1. The molecule has 35 heavy (non-hydrogen) atoms. The van der Waals surface area contributed by atoms with E-state index in [9.17, 15) is 13.2 Å². The zero-order valence-electron chi connectivity index (χ0n) is 19.2. The monoisotopic (exact) mass is 500 g/mol. The third-order valence-corrected chi connectivity index (χ3v) is 6.64. The van der Waals surface area contributed by atoms with Gasteiger partial charge in [-0.1, -0.05) is 5.16 Å². The average Bonchev–Trinajstić information content (AvgIpc) is 3.49. The Kier molecular flexibility index (Phi) is 6.62. The van der Waals surface area contributed by atoms with Crippen molar-refractivity contribution in [2.24, 2.45) is 5.73 Å². The topological polar surface area (TPSA) is 164 Å². The largest absolute Gasteiger partial charge is 0.496 e. The Morgan fingerprint density at radius 3 is 2.57 bits per heavy atom. The second-order valence-electron chi connectivity index (χ2n) is 7.50. The molecule has 184 valence electrons. The van der Waals surface area contributed by atoms with Gasteiger partial charge in [-0.05, 0) is 35.9 Å². The van der Waals surface area contributed by atoms with Gasteiger partial charge in [0.1, 0.15) is 21.8 Å². The van der Waals surface area contributed by atoms with E-state index in [4.69, 9.17) is 19.7 Å². The van der Waals surface area contributed by atoms with Gasteiger partial charge >= 0.3 is 0 Å². The summed E-state index contributed by atoms with van der Waals surface area (Å²) >= 11 is 0. The number of rotatable bonds is 9. The van der Waals surface area contributed by atoms with Crippen LogP contribution < -0.4 is 25.2 Å². The molecule has 12 nitrogen and oxygen atoms in total. The maximum absolute atomic E-state index is 13.2. The van der Waals surface area contributed by atoms with Crippen molar-refractivity contribution in [3.05, 3.63) is 59.4 Å². The summed E-state index contributed by atoms with van der Waals surface area (Å²) < 4.78 is 46.6. The number of hydrogen-bond donors (Lipinski definition) is 3. The van der Waals surface area contributed by atoms with Crippen molar-refractivity contribution in [1.82, 2.24) is 20.3 Å². The molecule has 4 aromatic rings. The SMILES string of the molecule is CNC(=O)c1ccc(S(=O)(=O)Nc2noc3cc(Cn4cc(CN)cn4)cc(OC)c23)c(OC)c1. The van der Waals surface area contributed by atoms with Crippen LogP contribution in [0.1, 0.15) is 21.5 Å². The number of anilines is 1. The first-order valence-electron chi connectivity index (χ1n) is 10.4. The average molecular weight is 501 g/mol. The lowest BCUT2D eigenvalue weighted by Gasteiger charge is -2.12. The molecule has 1 amide bonds. The molecule has 13 heteroatoms. The molecule has 0 aliphatic rings. The number of sulfonamides is 1. The first-order chi connectivity index (χ1) is 16.8. The second-order valence-corrected chi connectivity index (χ2v) is 9.15.